The Morgan fingerprint density at radius 3 is 2.46 bits per heavy atom. The molecule has 11 heteroatoms. The molecule has 0 saturated heterocycles. The van der Waals surface area contributed by atoms with Crippen LogP contribution in [0.25, 0.3) is 16.7 Å². The van der Waals surface area contributed by atoms with E-state index in [9.17, 15) is 26.7 Å². The molecule has 0 saturated carbocycles. The summed E-state index contributed by atoms with van der Waals surface area (Å²) in [5, 5.41) is 2.18. The van der Waals surface area contributed by atoms with E-state index in [1.54, 1.807) is 0 Å². The molecule has 2 heterocycles. The Balaban J connectivity index is 2.08. The van der Waals surface area contributed by atoms with Crippen molar-refractivity contribution in [2.24, 2.45) is 0 Å². The normalized spacial score (nSPS) is 11.8. The number of alkyl halides is 5. The summed E-state index contributed by atoms with van der Waals surface area (Å²) in [6.07, 6.45) is -3.27. The molecule has 3 N–H and O–H groups in total. The van der Waals surface area contributed by atoms with Gasteiger partial charge in [0, 0.05) is 11.8 Å². The van der Waals surface area contributed by atoms with Crippen LogP contribution >= 0.6 is 0 Å². The van der Waals surface area contributed by atoms with E-state index in [4.69, 9.17) is 5.73 Å². The zero-order chi connectivity index (χ0) is 20.5. The quantitative estimate of drug-likeness (QED) is 0.641. The number of anilines is 2. The van der Waals surface area contributed by atoms with Crippen molar-refractivity contribution in [3.63, 3.8) is 0 Å². The molecule has 0 aliphatic rings. The number of fused-ring (bicyclic) bond motifs is 1. The van der Waals surface area contributed by atoms with Crippen LogP contribution < -0.4 is 21.3 Å². The molecule has 3 aromatic rings. The molecular formula is C17H13F5N4O2. The molecule has 28 heavy (non-hydrogen) atoms. The molecule has 6 nitrogen and oxygen atoms in total. The maximum atomic E-state index is 12.4. The van der Waals surface area contributed by atoms with Gasteiger partial charge in [0.05, 0.1) is 23.1 Å². The van der Waals surface area contributed by atoms with Gasteiger partial charge < -0.3 is 15.8 Å². The Labute approximate surface area is 154 Å². The van der Waals surface area contributed by atoms with E-state index in [1.807, 2.05) is 0 Å². The highest BCUT2D eigenvalue weighted by atomic mass is 19.4. The van der Waals surface area contributed by atoms with E-state index in [-0.39, 0.29) is 33.8 Å². The molecule has 2 aromatic heterocycles. The first-order valence-corrected chi connectivity index (χ1v) is 7.81. The van der Waals surface area contributed by atoms with Gasteiger partial charge in [-0.15, -0.1) is 0 Å². The van der Waals surface area contributed by atoms with Crippen molar-refractivity contribution in [3.8, 4) is 11.4 Å². The lowest BCUT2D eigenvalue weighted by molar-refractivity contribution is -0.115. The fraction of sp³-hybridized carbons (Fsp3) is 0.176. The number of rotatable bonds is 5. The molecule has 1 aromatic carbocycles. The predicted molar refractivity (Wildman–Crippen MR) is 92.9 cm³/mol. The van der Waals surface area contributed by atoms with E-state index in [2.05, 4.69) is 15.0 Å². The third kappa shape index (κ3) is 4.30. The topological polar surface area (TPSA) is 82.2 Å². The van der Waals surface area contributed by atoms with Crippen LogP contribution in [0, 0.1) is 0 Å². The minimum Gasteiger partial charge on any atom is -0.435 e. The number of halogens is 5. The van der Waals surface area contributed by atoms with Crippen molar-refractivity contribution < 1.29 is 26.7 Å². The SMILES string of the molecule is Nc1cc(=O)n(-c2ccc(OC(F)F)cc2)c2cc(NCC(F)(F)F)cnc12. The second kappa shape index (κ2) is 7.33. The Bertz CT molecular complexity index is 1050. The summed E-state index contributed by atoms with van der Waals surface area (Å²) in [6, 6.07) is 7.58. The molecule has 0 bridgehead atoms. The van der Waals surface area contributed by atoms with E-state index < -0.39 is 24.9 Å². The Hall–Kier alpha value is -3.37. The van der Waals surface area contributed by atoms with Crippen LogP contribution in [-0.4, -0.2) is 28.9 Å². The highest BCUT2D eigenvalue weighted by molar-refractivity contribution is 5.89. The number of ether oxygens (including phenoxy) is 1. The summed E-state index contributed by atoms with van der Waals surface area (Å²) in [6.45, 7) is -4.29. The van der Waals surface area contributed by atoms with Crippen molar-refractivity contribution in [3.05, 3.63) is 52.9 Å². The number of hydrogen-bond acceptors (Lipinski definition) is 5. The van der Waals surface area contributed by atoms with Crippen molar-refractivity contribution >= 4 is 22.4 Å². The zero-order valence-corrected chi connectivity index (χ0v) is 14.0. The average molecular weight is 400 g/mol. The van der Waals surface area contributed by atoms with Gasteiger partial charge in [-0.1, -0.05) is 0 Å². The van der Waals surface area contributed by atoms with Gasteiger partial charge in [-0.3, -0.25) is 14.3 Å². The number of nitrogen functional groups attached to an aromatic ring is 1. The Morgan fingerprint density at radius 2 is 1.86 bits per heavy atom. The molecule has 0 radical (unpaired) electrons. The fourth-order valence-corrected chi connectivity index (χ4v) is 2.57. The van der Waals surface area contributed by atoms with E-state index in [0.717, 1.165) is 10.6 Å². The van der Waals surface area contributed by atoms with Crippen LogP contribution in [0.4, 0.5) is 33.3 Å². The number of pyridine rings is 2. The highest BCUT2D eigenvalue weighted by Gasteiger charge is 2.26. The number of aromatic nitrogens is 2. The second-order valence-corrected chi connectivity index (χ2v) is 5.71. The van der Waals surface area contributed by atoms with Gasteiger partial charge in [-0.05, 0) is 30.3 Å². The molecule has 0 spiro atoms. The summed E-state index contributed by atoms with van der Waals surface area (Å²) in [4.78, 5) is 16.5. The maximum absolute atomic E-state index is 12.4. The Kier molecular flexibility index (Phi) is 5.08. The molecule has 0 fully saturated rings. The maximum Gasteiger partial charge on any atom is 0.405 e. The monoisotopic (exact) mass is 400 g/mol. The zero-order valence-electron chi connectivity index (χ0n) is 14.0. The van der Waals surface area contributed by atoms with Gasteiger partial charge in [0.15, 0.2) is 0 Å². The largest absolute Gasteiger partial charge is 0.435 e. The van der Waals surface area contributed by atoms with Crippen molar-refractivity contribution in [1.82, 2.24) is 9.55 Å². The lowest BCUT2D eigenvalue weighted by Crippen LogP contribution is -2.22. The van der Waals surface area contributed by atoms with Crippen LogP contribution in [-0.2, 0) is 0 Å². The first kappa shape index (κ1) is 19.4. The van der Waals surface area contributed by atoms with Crippen molar-refractivity contribution in [2.75, 3.05) is 17.6 Å². The minimum atomic E-state index is -4.44. The average Bonchev–Trinajstić information content (AvgIpc) is 2.60. The van der Waals surface area contributed by atoms with Crippen LogP contribution in [0.15, 0.2) is 47.4 Å². The van der Waals surface area contributed by atoms with Gasteiger partial charge in [-0.2, -0.15) is 22.0 Å². The molecule has 0 unspecified atom stereocenters. The number of nitrogens with two attached hydrogens (primary N) is 1. The molecule has 0 aliphatic carbocycles. The first-order valence-electron chi connectivity index (χ1n) is 7.81. The van der Waals surface area contributed by atoms with E-state index >= 15 is 0 Å². The van der Waals surface area contributed by atoms with E-state index in [1.165, 1.54) is 36.5 Å². The Morgan fingerprint density at radius 1 is 1.18 bits per heavy atom. The first-order chi connectivity index (χ1) is 13.1. The number of nitrogens with zero attached hydrogens (tertiary/aromatic N) is 2. The van der Waals surface area contributed by atoms with Gasteiger partial charge >= 0.3 is 12.8 Å². The van der Waals surface area contributed by atoms with Crippen LogP contribution in [0.2, 0.25) is 0 Å². The second-order valence-electron chi connectivity index (χ2n) is 5.71. The molecule has 148 valence electrons. The predicted octanol–water partition coefficient (Wildman–Crippen LogP) is 3.54. The summed E-state index contributed by atoms with van der Waals surface area (Å²) in [5.74, 6) is -0.114. The highest BCUT2D eigenvalue weighted by Crippen LogP contribution is 2.25. The third-order valence-electron chi connectivity index (χ3n) is 3.69. The molecule has 3 rings (SSSR count). The number of benzene rings is 1. The molecule has 0 aliphatic heterocycles. The van der Waals surface area contributed by atoms with Crippen molar-refractivity contribution in [2.45, 2.75) is 12.8 Å². The summed E-state index contributed by atoms with van der Waals surface area (Å²) in [5.41, 5.74) is 5.93. The summed E-state index contributed by atoms with van der Waals surface area (Å²) >= 11 is 0. The molecule has 0 amide bonds. The van der Waals surface area contributed by atoms with Gasteiger partial charge in [-0.25, -0.2) is 0 Å². The van der Waals surface area contributed by atoms with Gasteiger partial charge in [0.25, 0.3) is 5.56 Å². The lowest BCUT2D eigenvalue weighted by atomic mass is 10.2. The van der Waals surface area contributed by atoms with Gasteiger partial charge in [0.1, 0.15) is 17.8 Å². The van der Waals surface area contributed by atoms with E-state index in [0.29, 0.717) is 0 Å². The number of nitrogens with one attached hydrogen (secondary N) is 1. The summed E-state index contributed by atoms with van der Waals surface area (Å²) < 4.78 is 67.3. The lowest BCUT2D eigenvalue weighted by Gasteiger charge is -2.14. The molecule has 0 atom stereocenters. The molecular weight excluding hydrogens is 387 g/mol. The smallest absolute Gasteiger partial charge is 0.405 e. The third-order valence-corrected chi connectivity index (χ3v) is 3.69. The van der Waals surface area contributed by atoms with Crippen LogP contribution in [0.3, 0.4) is 0 Å². The van der Waals surface area contributed by atoms with Crippen LogP contribution in [0.1, 0.15) is 0 Å². The standard InChI is InChI=1S/C17H13F5N4O2/c18-16(19)28-11-3-1-10(2-4-11)26-13-5-9(25-8-17(20,21)22)7-24-15(13)12(23)6-14(26)27/h1-7,16,25H,8,23H2. The van der Waals surface area contributed by atoms with Crippen molar-refractivity contribution in [1.29, 1.82) is 0 Å². The summed E-state index contributed by atoms with van der Waals surface area (Å²) in [7, 11) is 0. The van der Waals surface area contributed by atoms with Gasteiger partial charge in [0.2, 0.25) is 0 Å². The number of hydrogen-bond donors (Lipinski definition) is 2. The van der Waals surface area contributed by atoms with Crippen LogP contribution in [0.5, 0.6) is 5.75 Å². The minimum absolute atomic E-state index is 0.0289. The fourth-order valence-electron chi connectivity index (χ4n) is 2.57.